The first-order valence-electron chi connectivity index (χ1n) is 6.43. The minimum atomic E-state index is -0.197. The number of nitrogens with zero attached hydrogens (tertiary/aromatic N) is 2. The molecule has 1 aliphatic rings. The molecule has 1 unspecified atom stereocenters. The lowest BCUT2D eigenvalue weighted by atomic mass is 10.1. The van der Waals surface area contributed by atoms with Crippen molar-refractivity contribution in [3.8, 4) is 0 Å². The Morgan fingerprint density at radius 2 is 2.42 bits per heavy atom. The van der Waals surface area contributed by atoms with Crippen LogP contribution in [-0.4, -0.2) is 43.6 Å². The van der Waals surface area contributed by atoms with Crippen LogP contribution in [0.15, 0.2) is 0 Å². The highest BCUT2D eigenvalue weighted by Crippen LogP contribution is 2.30. The zero-order valence-electron chi connectivity index (χ0n) is 11.3. The van der Waals surface area contributed by atoms with Gasteiger partial charge in [-0.15, -0.1) is 0 Å². The van der Waals surface area contributed by atoms with Crippen LogP contribution in [0.25, 0.3) is 0 Å². The first kappa shape index (κ1) is 14.1. The maximum absolute atomic E-state index is 11.8. The minimum absolute atomic E-state index is 0.197. The number of carbonyl (C=O) groups excluding carboxylic acids is 1. The lowest BCUT2D eigenvalue weighted by molar-refractivity contribution is 0.0216. The molecule has 0 bridgehead atoms. The normalized spacial score (nSPS) is 19.2. The number of likely N-dealkylation sites (N-methyl/N-ethyl adjacent to an activating group) is 1. The third-order valence-corrected chi connectivity index (χ3v) is 4.23. The molecule has 1 aromatic rings. The molecule has 106 valence electrons. The number of ether oxygens (including phenoxy) is 1. The van der Waals surface area contributed by atoms with Crippen LogP contribution in [0.3, 0.4) is 0 Å². The van der Waals surface area contributed by atoms with E-state index in [0.717, 1.165) is 31.0 Å². The van der Waals surface area contributed by atoms with Gasteiger partial charge in [-0.3, -0.25) is 4.79 Å². The van der Waals surface area contributed by atoms with Crippen molar-refractivity contribution in [1.29, 1.82) is 0 Å². The van der Waals surface area contributed by atoms with Crippen molar-refractivity contribution in [2.75, 3.05) is 37.9 Å². The van der Waals surface area contributed by atoms with E-state index in [1.807, 2.05) is 11.9 Å². The van der Waals surface area contributed by atoms with E-state index in [1.165, 1.54) is 18.0 Å². The van der Waals surface area contributed by atoms with Gasteiger partial charge < -0.3 is 20.7 Å². The third kappa shape index (κ3) is 3.16. The number of amides is 1. The highest BCUT2D eigenvalue weighted by molar-refractivity contribution is 7.11. The van der Waals surface area contributed by atoms with E-state index in [0.29, 0.717) is 5.56 Å². The minimum Gasteiger partial charge on any atom is -0.382 e. The molecule has 0 saturated carbocycles. The van der Waals surface area contributed by atoms with E-state index in [9.17, 15) is 4.79 Å². The Hall–Kier alpha value is -1.34. The van der Waals surface area contributed by atoms with E-state index < -0.39 is 0 Å². The van der Waals surface area contributed by atoms with Crippen LogP contribution in [0.4, 0.5) is 10.8 Å². The Kier molecular flexibility index (Phi) is 4.60. The molecule has 1 fully saturated rings. The molecule has 2 rings (SSSR count). The predicted octanol–water partition coefficient (Wildman–Crippen LogP) is 1.09. The summed E-state index contributed by atoms with van der Waals surface area (Å²) in [4.78, 5) is 13.8. The molecule has 1 aromatic heterocycles. The Labute approximate surface area is 117 Å². The molecule has 0 aromatic carbocycles. The zero-order chi connectivity index (χ0) is 13.8. The largest absolute Gasteiger partial charge is 0.382 e. The summed E-state index contributed by atoms with van der Waals surface area (Å²) < 4.78 is 9.79. The molecule has 0 aliphatic carbocycles. The first-order chi connectivity index (χ1) is 9.13. The van der Waals surface area contributed by atoms with Crippen LogP contribution in [-0.2, 0) is 4.74 Å². The molecular formula is C12H20N4O2S. The topological polar surface area (TPSA) is 80.5 Å². The van der Waals surface area contributed by atoms with E-state index >= 15 is 0 Å². The van der Waals surface area contributed by atoms with E-state index in [2.05, 4.69) is 9.69 Å². The van der Waals surface area contributed by atoms with Gasteiger partial charge in [-0.05, 0) is 30.8 Å². The van der Waals surface area contributed by atoms with E-state index in [1.54, 1.807) is 7.05 Å². The lowest BCUT2D eigenvalue weighted by Gasteiger charge is -2.28. The molecule has 7 heteroatoms. The summed E-state index contributed by atoms with van der Waals surface area (Å²) in [6.45, 7) is 1.58. The monoisotopic (exact) mass is 284 g/mol. The quantitative estimate of drug-likeness (QED) is 0.865. The summed E-state index contributed by atoms with van der Waals surface area (Å²) in [5.41, 5.74) is 6.23. The van der Waals surface area contributed by atoms with Crippen LogP contribution >= 0.6 is 11.5 Å². The van der Waals surface area contributed by atoms with Crippen molar-refractivity contribution >= 4 is 28.3 Å². The van der Waals surface area contributed by atoms with Gasteiger partial charge >= 0.3 is 0 Å². The first-order valence-corrected chi connectivity index (χ1v) is 7.20. The lowest BCUT2D eigenvalue weighted by Crippen LogP contribution is -2.34. The molecular weight excluding hydrogens is 264 g/mol. The molecule has 0 radical (unpaired) electrons. The molecule has 1 atom stereocenters. The van der Waals surface area contributed by atoms with Gasteiger partial charge in [-0.1, -0.05) is 0 Å². The number of aromatic nitrogens is 1. The highest BCUT2D eigenvalue weighted by atomic mass is 32.1. The second-order valence-corrected chi connectivity index (χ2v) is 5.45. The van der Waals surface area contributed by atoms with E-state index in [4.69, 9.17) is 10.5 Å². The number of nitrogens with one attached hydrogen (secondary N) is 1. The average Bonchev–Trinajstić information content (AvgIpc) is 2.81. The van der Waals surface area contributed by atoms with Crippen LogP contribution in [0.5, 0.6) is 0 Å². The summed E-state index contributed by atoms with van der Waals surface area (Å²) in [7, 11) is 3.53. The fourth-order valence-corrected chi connectivity index (χ4v) is 3.01. The number of anilines is 2. The smallest absolute Gasteiger partial charge is 0.257 e. The van der Waals surface area contributed by atoms with Crippen LogP contribution in [0, 0.1) is 0 Å². The van der Waals surface area contributed by atoms with Crippen LogP contribution in [0.2, 0.25) is 0 Å². The van der Waals surface area contributed by atoms with Gasteiger partial charge in [0.25, 0.3) is 5.91 Å². The van der Waals surface area contributed by atoms with Gasteiger partial charge in [0.2, 0.25) is 0 Å². The zero-order valence-corrected chi connectivity index (χ0v) is 12.1. The van der Waals surface area contributed by atoms with Gasteiger partial charge in [0, 0.05) is 27.2 Å². The Bertz CT molecular complexity index is 443. The van der Waals surface area contributed by atoms with Gasteiger partial charge in [0.05, 0.1) is 6.10 Å². The van der Waals surface area contributed by atoms with Gasteiger partial charge in [0.15, 0.2) is 5.82 Å². The fraction of sp³-hybridized carbons (Fsp3) is 0.667. The molecule has 0 spiro atoms. The summed E-state index contributed by atoms with van der Waals surface area (Å²) in [5.74, 6) is 0.0911. The van der Waals surface area contributed by atoms with Crippen molar-refractivity contribution in [2.45, 2.75) is 25.4 Å². The molecule has 19 heavy (non-hydrogen) atoms. The molecule has 6 nitrogen and oxygen atoms in total. The van der Waals surface area contributed by atoms with Crippen molar-refractivity contribution in [3.63, 3.8) is 0 Å². The van der Waals surface area contributed by atoms with Gasteiger partial charge in [-0.2, -0.15) is 4.37 Å². The number of nitrogen functional groups attached to an aromatic ring is 1. The number of rotatable bonds is 4. The SMILES string of the molecule is CNC(=O)c1c(N)nsc1N(C)CC1CCCCO1. The van der Waals surface area contributed by atoms with Crippen LogP contribution < -0.4 is 16.0 Å². The molecule has 1 saturated heterocycles. The Morgan fingerprint density at radius 1 is 1.63 bits per heavy atom. The summed E-state index contributed by atoms with van der Waals surface area (Å²) in [5, 5.41) is 3.39. The maximum atomic E-state index is 11.8. The summed E-state index contributed by atoms with van der Waals surface area (Å²) in [6, 6.07) is 0. The predicted molar refractivity (Wildman–Crippen MR) is 76.8 cm³/mol. The Balaban J connectivity index is 2.10. The van der Waals surface area contributed by atoms with Crippen molar-refractivity contribution in [3.05, 3.63) is 5.56 Å². The van der Waals surface area contributed by atoms with Crippen LogP contribution in [0.1, 0.15) is 29.6 Å². The Morgan fingerprint density at radius 3 is 3.05 bits per heavy atom. The molecule has 2 heterocycles. The number of hydrogen-bond donors (Lipinski definition) is 2. The number of hydrogen-bond acceptors (Lipinski definition) is 6. The highest BCUT2D eigenvalue weighted by Gasteiger charge is 2.23. The molecule has 3 N–H and O–H groups in total. The fourth-order valence-electron chi connectivity index (χ4n) is 2.23. The van der Waals surface area contributed by atoms with Gasteiger partial charge in [-0.25, -0.2) is 0 Å². The van der Waals surface area contributed by atoms with Crippen molar-refractivity contribution in [1.82, 2.24) is 9.69 Å². The van der Waals surface area contributed by atoms with Crippen molar-refractivity contribution < 1.29 is 9.53 Å². The molecule has 1 aliphatic heterocycles. The van der Waals surface area contributed by atoms with Crippen molar-refractivity contribution in [2.24, 2.45) is 0 Å². The number of nitrogens with two attached hydrogens (primary N) is 1. The summed E-state index contributed by atoms with van der Waals surface area (Å²) >= 11 is 1.25. The van der Waals surface area contributed by atoms with E-state index in [-0.39, 0.29) is 17.8 Å². The standard InChI is InChI=1S/C12H20N4O2S/c1-14-11(17)9-10(13)15-19-12(9)16(2)7-8-5-3-4-6-18-8/h8H,3-7H2,1-2H3,(H2,13,15)(H,14,17). The molecule has 1 amide bonds. The third-order valence-electron chi connectivity index (χ3n) is 3.25. The summed E-state index contributed by atoms with van der Waals surface area (Å²) in [6.07, 6.45) is 3.62. The average molecular weight is 284 g/mol. The second kappa shape index (κ2) is 6.21. The van der Waals surface area contributed by atoms with Gasteiger partial charge in [0.1, 0.15) is 10.6 Å². The maximum Gasteiger partial charge on any atom is 0.257 e. The second-order valence-electron chi connectivity index (χ2n) is 4.70. The number of carbonyl (C=O) groups is 1.